The molecule has 0 bridgehead atoms. The maximum atomic E-state index is 13.9. The third kappa shape index (κ3) is 3.24. The van der Waals surface area contributed by atoms with E-state index in [1.54, 1.807) is 18.2 Å². The summed E-state index contributed by atoms with van der Waals surface area (Å²) in [5.41, 5.74) is 0.411. The van der Waals surface area contributed by atoms with Gasteiger partial charge < -0.3 is 5.32 Å². The van der Waals surface area contributed by atoms with Crippen LogP contribution >= 0.6 is 11.3 Å². The summed E-state index contributed by atoms with van der Waals surface area (Å²) in [6.07, 6.45) is 3.92. The molecule has 0 saturated carbocycles. The Morgan fingerprint density at radius 2 is 2.27 bits per heavy atom. The van der Waals surface area contributed by atoms with Crippen molar-refractivity contribution in [3.05, 3.63) is 52.8 Å². The first-order valence-electron chi connectivity index (χ1n) is 8.58. The normalized spacial score (nSPS) is 16.3. The van der Waals surface area contributed by atoms with Gasteiger partial charge in [-0.15, -0.1) is 11.3 Å². The molecule has 3 heterocycles. The van der Waals surface area contributed by atoms with Crippen LogP contribution in [0, 0.1) is 5.82 Å². The van der Waals surface area contributed by atoms with Gasteiger partial charge in [-0.1, -0.05) is 19.1 Å². The minimum atomic E-state index is -0.341. The highest BCUT2D eigenvalue weighted by atomic mass is 32.1. The van der Waals surface area contributed by atoms with Crippen molar-refractivity contribution >= 4 is 17.2 Å². The number of hydrogen-bond donors (Lipinski definition) is 1. The number of nitrogens with one attached hydrogen (secondary N) is 1. The van der Waals surface area contributed by atoms with Gasteiger partial charge in [-0.25, -0.2) is 19.0 Å². The monoisotopic (exact) mass is 371 g/mol. The van der Waals surface area contributed by atoms with Crippen molar-refractivity contribution in [2.45, 2.75) is 38.8 Å². The molecule has 0 fully saturated rings. The Morgan fingerprint density at radius 3 is 3.08 bits per heavy atom. The molecule has 0 radical (unpaired) electrons. The number of carbonyl (C=O) groups excluding carboxylic acids is 1. The maximum Gasteiger partial charge on any atom is 0.263 e. The van der Waals surface area contributed by atoms with E-state index in [1.807, 2.05) is 11.6 Å². The Bertz CT molecular complexity index is 951. The van der Waals surface area contributed by atoms with E-state index < -0.39 is 0 Å². The number of carbonyl (C=O) groups is 1. The van der Waals surface area contributed by atoms with E-state index >= 15 is 0 Å². The predicted molar refractivity (Wildman–Crippen MR) is 96.5 cm³/mol. The molecular weight excluding hydrogens is 353 g/mol. The molecule has 1 aliphatic heterocycles. The summed E-state index contributed by atoms with van der Waals surface area (Å²) in [5.74, 6) is 1.29. The minimum Gasteiger partial charge on any atom is -0.347 e. The molecule has 1 atom stereocenters. The molecule has 0 saturated heterocycles. The predicted octanol–water partition coefficient (Wildman–Crippen LogP) is 2.85. The first-order valence-corrected chi connectivity index (χ1v) is 9.40. The first kappa shape index (κ1) is 16.8. The highest BCUT2D eigenvalue weighted by molar-refractivity contribution is 7.16. The second-order valence-electron chi connectivity index (χ2n) is 6.20. The van der Waals surface area contributed by atoms with E-state index in [-0.39, 0.29) is 17.8 Å². The van der Waals surface area contributed by atoms with Gasteiger partial charge in [0.05, 0.1) is 12.7 Å². The number of thiazole rings is 1. The van der Waals surface area contributed by atoms with Crippen LogP contribution in [0.4, 0.5) is 4.39 Å². The molecular formula is C18H18FN5OS. The van der Waals surface area contributed by atoms with Gasteiger partial charge in [0, 0.05) is 24.4 Å². The maximum absolute atomic E-state index is 13.9. The number of aryl methyl sites for hydroxylation is 2. The third-order valence-electron chi connectivity index (χ3n) is 4.39. The molecule has 0 spiro atoms. The molecule has 134 valence electrons. The van der Waals surface area contributed by atoms with Gasteiger partial charge in [0.2, 0.25) is 0 Å². The molecule has 1 aromatic carbocycles. The lowest BCUT2D eigenvalue weighted by Crippen LogP contribution is -2.41. The van der Waals surface area contributed by atoms with Crippen molar-refractivity contribution in [1.29, 1.82) is 0 Å². The molecule has 6 nitrogen and oxygen atoms in total. The second kappa shape index (κ2) is 6.95. The number of aromatic nitrogens is 4. The Balaban J connectivity index is 1.45. The van der Waals surface area contributed by atoms with E-state index in [0.717, 1.165) is 30.9 Å². The van der Waals surface area contributed by atoms with Crippen LogP contribution in [-0.4, -0.2) is 31.7 Å². The highest BCUT2D eigenvalue weighted by Gasteiger charge is 2.24. The Hall–Kier alpha value is -2.61. The zero-order valence-electron chi connectivity index (χ0n) is 14.3. The van der Waals surface area contributed by atoms with Crippen molar-refractivity contribution in [2.75, 3.05) is 0 Å². The summed E-state index contributed by atoms with van der Waals surface area (Å²) in [6, 6.07) is 6.43. The van der Waals surface area contributed by atoms with Gasteiger partial charge in [0.15, 0.2) is 5.82 Å². The second-order valence-corrected chi connectivity index (χ2v) is 7.23. The molecule has 2 aromatic heterocycles. The van der Waals surface area contributed by atoms with Crippen LogP contribution in [0.15, 0.2) is 30.5 Å². The first-order chi connectivity index (χ1) is 12.6. The quantitative estimate of drug-likeness (QED) is 0.765. The SMILES string of the molecule is CCc1nc2n(n1)CC(NC(=O)c1cnc(-c3ccccc3F)s1)CC2. The van der Waals surface area contributed by atoms with Crippen LogP contribution in [0.3, 0.4) is 0 Å². The number of hydrogen-bond acceptors (Lipinski definition) is 5. The Labute approximate surface area is 154 Å². The number of halogens is 1. The number of nitrogens with zero attached hydrogens (tertiary/aromatic N) is 4. The molecule has 1 N–H and O–H groups in total. The molecule has 3 aromatic rings. The van der Waals surface area contributed by atoms with Crippen LogP contribution < -0.4 is 5.32 Å². The summed E-state index contributed by atoms with van der Waals surface area (Å²) in [7, 11) is 0. The summed E-state index contributed by atoms with van der Waals surface area (Å²) >= 11 is 1.19. The fraction of sp³-hybridized carbons (Fsp3) is 0.333. The lowest BCUT2D eigenvalue weighted by atomic mass is 10.1. The van der Waals surface area contributed by atoms with Gasteiger partial charge in [-0.2, -0.15) is 5.10 Å². The standard InChI is InChI=1S/C18H18FN5OS/c1-2-15-22-16-8-7-11(10-24(16)23-15)21-17(25)14-9-20-18(26-14)12-5-3-4-6-13(12)19/h3-6,9,11H,2,7-8,10H2,1H3,(H,21,25). The number of benzene rings is 1. The van der Waals surface area contributed by atoms with E-state index in [2.05, 4.69) is 20.4 Å². The zero-order valence-corrected chi connectivity index (χ0v) is 15.1. The molecule has 8 heteroatoms. The van der Waals surface area contributed by atoms with E-state index in [9.17, 15) is 9.18 Å². The van der Waals surface area contributed by atoms with Crippen LogP contribution in [0.5, 0.6) is 0 Å². The van der Waals surface area contributed by atoms with Crippen molar-refractivity contribution < 1.29 is 9.18 Å². The fourth-order valence-corrected chi connectivity index (χ4v) is 3.87. The molecule has 4 rings (SSSR count). The van der Waals surface area contributed by atoms with Crippen molar-refractivity contribution in [3.8, 4) is 10.6 Å². The third-order valence-corrected chi connectivity index (χ3v) is 5.42. The largest absolute Gasteiger partial charge is 0.347 e. The molecule has 0 aliphatic carbocycles. The Kier molecular flexibility index (Phi) is 4.50. The Morgan fingerprint density at radius 1 is 1.42 bits per heavy atom. The number of amides is 1. The van der Waals surface area contributed by atoms with Gasteiger partial charge in [0.1, 0.15) is 21.5 Å². The molecule has 1 amide bonds. The summed E-state index contributed by atoms with van der Waals surface area (Å²) in [5, 5.41) is 7.99. The number of rotatable bonds is 4. The van der Waals surface area contributed by atoms with E-state index in [0.29, 0.717) is 22.0 Å². The van der Waals surface area contributed by atoms with Gasteiger partial charge in [-0.3, -0.25) is 4.79 Å². The summed E-state index contributed by atoms with van der Waals surface area (Å²) < 4.78 is 15.8. The number of fused-ring (bicyclic) bond motifs is 1. The topological polar surface area (TPSA) is 72.7 Å². The van der Waals surface area contributed by atoms with Crippen molar-refractivity contribution in [1.82, 2.24) is 25.1 Å². The van der Waals surface area contributed by atoms with Gasteiger partial charge >= 0.3 is 0 Å². The van der Waals surface area contributed by atoms with Gasteiger partial charge in [0.25, 0.3) is 5.91 Å². The molecule has 1 unspecified atom stereocenters. The van der Waals surface area contributed by atoms with Crippen molar-refractivity contribution in [3.63, 3.8) is 0 Å². The average Bonchev–Trinajstić information content (AvgIpc) is 3.28. The zero-order chi connectivity index (χ0) is 18.1. The van der Waals surface area contributed by atoms with E-state index in [4.69, 9.17) is 0 Å². The summed E-state index contributed by atoms with van der Waals surface area (Å²) in [4.78, 5) is 21.7. The fourth-order valence-electron chi connectivity index (χ4n) is 3.02. The van der Waals surface area contributed by atoms with Crippen molar-refractivity contribution in [2.24, 2.45) is 0 Å². The molecule has 1 aliphatic rings. The highest BCUT2D eigenvalue weighted by Crippen LogP contribution is 2.27. The summed E-state index contributed by atoms with van der Waals surface area (Å²) in [6.45, 7) is 2.64. The van der Waals surface area contributed by atoms with Crippen LogP contribution in [0.2, 0.25) is 0 Å². The minimum absolute atomic E-state index is 0.000387. The smallest absolute Gasteiger partial charge is 0.263 e. The average molecular weight is 371 g/mol. The lowest BCUT2D eigenvalue weighted by Gasteiger charge is -2.23. The van der Waals surface area contributed by atoms with E-state index in [1.165, 1.54) is 23.6 Å². The van der Waals surface area contributed by atoms with Crippen LogP contribution in [0.25, 0.3) is 10.6 Å². The lowest BCUT2D eigenvalue weighted by molar-refractivity contribution is 0.0930. The van der Waals surface area contributed by atoms with Crippen LogP contribution in [0.1, 0.15) is 34.7 Å². The molecule has 26 heavy (non-hydrogen) atoms. The van der Waals surface area contributed by atoms with Gasteiger partial charge in [-0.05, 0) is 18.6 Å². The van der Waals surface area contributed by atoms with Crippen LogP contribution in [-0.2, 0) is 19.4 Å².